The molecule has 0 aliphatic rings. The van der Waals surface area contributed by atoms with Gasteiger partial charge in [-0.15, -0.1) is 0 Å². The summed E-state index contributed by atoms with van der Waals surface area (Å²) in [5.41, 5.74) is 8.71. The van der Waals surface area contributed by atoms with Crippen LogP contribution in [0.5, 0.6) is 0 Å². The van der Waals surface area contributed by atoms with Crippen molar-refractivity contribution in [3.05, 3.63) is 106 Å². The lowest BCUT2D eigenvalue weighted by Crippen LogP contribution is -2.04. The van der Waals surface area contributed by atoms with E-state index in [1.165, 1.54) is 168 Å². The van der Waals surface area contributed by atoms with Crippen LogP contribution in [-0.4, -0.2) is 0 Å². The summed E-state index contributed by atoms with van der Waals surface area (Å²) in [5, 5.41) is 0. The first kappa shape index (κ1) is 35.1. The van der Waals surface area contributed by atoms with Gasteiger partial charge < -0.3 is 0 Å². The molecule has 0 amide bonds. The maximum absolute atomic E-state index is 2.41. The zero-order chi connectivity index (χ0) is 30.4. The molecule has 0 saturated carbocycles. The summed E-state index contributed by atoms with van der Waals surface area (Å²) in [6, 6.07) is 28.8. The van der Waals surface area contributed by atoms with E-state index in [1.54, 1.807) is 0 Å². The summed E-state index contributed by atoms with van der Waals surface area (Å²) in [4.78, 5) is 0. The molecule has 3 aromatic rings. The van der Waals surface area contributed by atoms with Crippen LogP contribution in [-0.2, 0) is 19.3 Å². The van der Waals surface area contributed by atoms with Crippen LogP contribution in [0.2, 0.25) is 0 Å². The van der Waals surface area contributed by atoms with Gasteiger partial charge in [-0.3, -0.25) is 0 Å². The second kappa shape index (κ2) is 22.2. The molecule has 0 atom stereocenters. The van der Waals surface area contributed by atoms with Crippen molar-refractivity contribution >= 4 is 0 Å². The maximum atomic E-state index is 2.41. The number of hydrogen-bond donors (Lipinski definition) is 0. The molecule has 3 aromatic carbocycles. The molecule has 43 heavy (non-hydrogen) atoms. The quantitative estimate of drug-likeness (QED) is 0.0730. The van der Waals surface area contributed by atoms with Crippen LogP contribution < -0.4 is 0 Å². The third-order valence-electron chi connectivity index (χ3n) is 9.40. The van der Waals surface area contributed by atoms with Crippen molar-refractivity contribution in [1.29, 1.82) is 0 Å². The summed E-state index contributed by atoms with van der Waals surface area (Å²) < 4.78 is 0. The average molecular weight is 581 g/mol. The molecule has 0 heterocycles. The Morgan fingerprint density at radius 3 is 0.791 bits per heavy atom. The van der Waals surface area contributed by atoms with Gasteiger partial charge in [-0.2, -0.15) is 0 Å². The van der Waals surface area contributed by atoms with E-state index in [1.807, 2.05) is 0 Å². The molecule has 0 saturated heterocycles. The van der Waals surface area contributed by atoms with Gasteiger partial charge in [0, 0.05) is 5.92 Å². The number of hydrogen-bond acceptors (Lipinski definition) is 0. The molecule has 0 unspecified atom stereocenters. The van der Waals surface area contributed by atoms with E-state index < -0.39 is 0 Å². The Kier molecular flexibility index (Phi) is 18.2. The minimum atomic E-state index is 0.286. The molecule has 0 radical (unpaired) electrons. The molecular formula is C43H64. The number of benzene rings is 3. The highest BCUT2D eigenvalue weighted by Gasteiger charge is 2.17. The summed E-state index contributed by atoms with van der Waals surface area (Å²) in [6.07, 6.45) is 28.1. The molecule has 0 heteroatoms. The summed E-state index contributed by atoms with van der Waals surface area (Å²) in [5.74, 6) is 0.286. The molecule has 0 spiro atoms. The Morgan fingerprint density at radius 1 is 0.302 bits per heavy atom. The monoisotopic (exact) mass is 581 g/mol. The lowest BCUT2D eigenvalue weighted by molar-refractivity contribution is 0.607. The minimum Gasteiger partial charge on any atom is -0.0654 e. The minimum absolute atomic E-state index is 0.286. The average Bonchev–Trinajstić information content (AvgIpc) is 3.04. The van der Waals surface area contributed by atoms with Crippen LogP contribution in [0.1, 0.15) is 176 Å². The Bertz CT molecular complexity index is 915. The molecule has 0 aliphatic carbocycles. The first-order valence-electron chi connectivity index (χ1n) is 18.5. The standard InChI is InChI=1S/C43H64/c1-4-7-10-13-16-19-22-37-25-31-40(32-26-37)43(41-33-27-38(28-34-41)23-20-17-14-11-8-5-2)42-35-29-39(30-36-42)24-21-18-15-12-9-6-3/h25-36,43H,4-24H2,1-3H3. The Hall–Kier alpha value is -2.34. The zero-order valence-electron chi connectivity index (χ0n) is 28.4. The Balaban J connectivity index is 1.66. The third-order valence-corrected chi connectivity index (χ3v) is 9.40. The van der Waals surface area contributed by atoms with Crippen molar-refractivity contribution in [2.75, 3.05) is 0 Å². The van der Waals surface area contributed by atoms with Crippen molar-refractivity contribution in [1.82, 2.24) is 0 Å². The number of unbranched alkanes of at least 4 members (excludes halogenated alkanes) is 15. The van der Waals surface area contributed by atoms with Gasteiger partial charge in [-0.1, -0.05) is 190 Å². The zero-order valence-corrected chi connectivity index (χ0v) is 28.4. The van der Waals surface area contributed by atoms with Gasteiger partial charge in [0.1, 0.15) is 0 Å². The van der Waals surface area contributed by atoms with Gasteiger partial charge in [0.15, 0.2) is 0 Å². The van der Waals surface area contributed by atoms with Gasteiger partial charge in [-0.25, -0.2) is 0 Å². The molecule has 236 valence electrons. The third kappa shape index (κ3) is 13.9. The van der Waals surface area contributed by atoms with E-state index in [0.717, 1.165) is 0 Å². The topological polar surface area (TPSA) is 0 Å². The van der Waals surface area contributed by atoms with Gasteiger partial charge in [0.25, 0.3) is 0 Å². The Morgan fingerprint density at radius 2 is 0.535 bits per heavy atom. The van der Waals surface area contributed by atoms with Gasteiger partial charge in [-0.05, 0) is 71.9 Å². The number of rotatable bonds is 24. The number of aryl methyl sites for hydroxylation is 3. The van der Waals surface area contributed by atoms with Crippen molar-refractivity contribution in [3.63, 3.8) is 0 Å². The summed E-state index contributed by atoms with van der Waals surface area (Å²) in [6.45, 7) is 6.89. The molecule has 0 N–H and O–H groups in total. The highest BCUT2D eigenvalue weighted by Crippen LogP contribution is 2.33. The fourth-order valence-electron chi connectivity index (χ4n) is 6.54. The molecular weight excluding hydrogens is 516 g/mol. The van der Waals surface area contributed by atoms with Crippen LogP contribution in [0.4, 0.5) is 0 Å². The largest absolute Gasteiger partial charge is 0.0654 e. The van der Waals surface area contributed by atoms with Gasteiger partial charge in [0.2, 0.25) is 0 Å². The SMILES string of the molecule is CCCCCCCCc1ccc(C(c2ccc(CCCCCCCC)cc2)c2ccc(CCCCCCCC)cc2)cc1. The fraction of sp³-hybridized carbons (Fsp3) is 0.581. The Labute approximate surface area is 267 Å². The predicted molar refractivity (Wildman–Crippen MR) is 192 cm³/mol. The molecule has 0 nitrogen and oxygen atoms in total. The predicted octanol–water partition coefficient (Wildman–Crippen LogP) is 13.6. The molecule has 3 rings (SSSR count). The van der Waals surface area contributed by atoms with Crippen LogP contribution in [0.3, 0.4) is 0 Å². The first-order chi connectivity index (χ1) is 21.2. The van der Waals surface area contributed by atoms with Crippen LogP contribution in [0.25, 0.3) is 0 Å². The smallest absolute Gasteiger partial charge is 0.0339 e. The molecule has 0 bridgehead atoms. The highest BCUT2D eigenvalue weighted by molar-refractivity contribution is 5.45. The molecule has 0 aromatic heterocycles. The van der Waals surface area contributed by atoms with E-state index in [2.05, 4.69) is 93.6 Å². The van der Waals surface area contributed by atoms with Crippen LogP contribution in [0, 0.1) is 0 Å². The lowest BCUT2D eigenvalue weighted by atomic mass is 9.83. The summed E-state index contributed by atoms with van der Waals surface area (Å²) >= 11 is 0. The fourth-order valence-corrected chi connectivity index (χ4v) is 6.54. The lowest BCUT2D eigenvalue weighted by Gasteiger charge is -2.20. The van der Waals surface area contributed by atoms with Crippen molar-refractivity contribution in [2.45, 2.75) is 162 Å². The van der Waals surface area contributed by atoms with E-state index in [-0.39, 0.29) is 5.92 Å². The summed E-state index contributed by atoms with van der Waals surface area (Å²) in [7, 11) is 0. The van der Waals surface area contributed by atoms with E-state index in [9.17, 15) is 0 Å². The van der Waals surface area contributed by atoms with Gasteiger partial charge in [0.05, 0.1) is 0 Å². The molecule has 0 aliphatic heterocycles. The van der Waals surface area contributed by atoms with Crippen LogP contribution >= 0.6 is 0 Å². The normalized spacial score (nSPS) is 11.4. The first-order valence-corrected chi connectivity index (χ1v) is 18.5. The van der Waals surface area contributed by atoms with Crippen molar-refractivity contribution in [3.8, 4) is 0 Å². The van der Waals surface area contributed by atoms with E-state index >= 15 is 0 Å². The molecule has 0 fully saturated rings. The van der Waals surface area contributed by atoms with E-state index in [4.69, 9.17) is 0 Å². The van der Waals surface area contributed by atoms with Crippen molar-refractivity contribution in [2.24, 2.45) is 0 Å². The maximum Gasteiger partial charge on any atom is 0.0339 e. The van der Waals surface area contributed by atoms with Crippen LogP contribution in [0.15, 0.2) is 72.8 Å². The second-order valence-electron chi connectivity index (χ2n) is 13.2. The van der Waals surface area contributed by atoms with Crippen molar-refractivity contribution < 1.29 is 0 Å². The highest BCUT2D eigenvalue weighted by atomic mass is 14.2. The second-order valence-corrected chi connectivity index (χ2v) is 13.2. The van der Waals surface area contributed by atoms with E-state index in [0.29, 0.717) is 0 Å². The van der Waals surface area contributed by atoms with Gasteiger partial charge >= 0.3 is 0 Å².